The zero-order valence-electron chi connectivity index (χ0n) is 33.6. The largest absolute Gasteiger partial charge is 0.456 e. The Labute approximate surface area is 292 Å². The lowest BCUT2D eigenvalue weighted by Gasteiger charge is -2.29. The highest BCUT2D eigenvalue weighted by Crippen LogP contribution is 2.50. The van der Waals surface area contributed by atoms with Crippen LogP contribution in [0.5, 0.6) is 11.5 Å². The molecule has 0 fully saturated rings. The van der Waals surface area contributed by atoms with Gasteiger partial charge >= 0.3 is 0 Å². The van der Waals surface area contributed by atoms with Crippen molar-refractivity contribution < 1.29 is 15.7 Å². The van der Waals surface area contributed by atoms with Crippen LogP contribution in [0.25, 0.3) is 55.3 Å². The van der Waals surface area contributed by atoms with E-state index in [2.05, 4.69) is 0 Å². The first-order valence-corrected chi connectivity index (χ1v) is 15.7. The normalized spacial score (nSPS) is 13.8. The van der Waals surface area contributed by atoms with Crippen LogP contribution < -0.4 is 9.64 Å². The number of benzene rings is 8. The van der Waals surface area contributed by atoms with Crippen LogP contribution in [0, 0.1) is 0 Å². The van der Waals surface area contributed by atoms with E-state index in [1.54, 1.807) is 29.2 Å². The summed E-state index contributed by atoms with van der Waals surface area (Å²) in [6.07, 6.45) is 0. The van der Waals surface area contributed by atoms with Crippen molar-refractivity contribution in [2.75, 3.05) is 4.90 Å². The second kappa shape index (κ2) is 11.8. The molecule has 2 nitrogen and oxygen atoms in total. The van der Waals surface area contributed by atoms with Gasteiger partial charge in [0.15, 0.2) is 0 Å². The first-order chi connectivity index (χ1) is 27.2. The van der Waals surface area contributed by atoms with Crippen LogP contribution in [0.3, 0.4) is 0 Å². The number of hydrogen-bond acceptors (Lipinski definition) is 2. The van der Waals surface area contributed by atoms with Crippen molar-refractivity contribution in [3.05, 3.63) is 188 Å². The standard InChI is InChI=1S/C46H31NO/c1-4-11-32(12-5-1)35-19-24-39(25-20-35)47(40-26-21-36(22-27-40)33-13-6-2-7-14-33)41-29-38-17-10-18-44-46(38)43(31-41)42-28-23-37(30-45(42)48-44)34-15-8-3-9-16-34/h1-31H/i10D,17D,18D,23D,28D,29D,30D,31D. The van der Waals surface area contributed by atoms with Gasteiger partial charge in [-0.05, 0) is 98.8 Å². The molecular weight excluding hydrogens is 583 g/mol. The predicted octanol–water partition coefficient (Wildman–Crippen LogP) is 13.1. The molecule has 0 saturated heterocycles. The van der Waals surface area contributed by atoms with Crippen molar-refractivity contribution in [2.24, 2.45) is 0 Å². The molecular formula is C46H31NO. The summed E-state index contributed by atoms with van der Waals surface area (Å²) in [4.78, 5) is 1.77. The Balaban J connectivity index is 1.35. The molecule has 226 valence electrons. The van der Waals surface area contributed by atoms with E-state index in [0.717, 1.165) is 22.3 Å². The van der Waals surface area contributed by atoms with Crippen molar-refractivity contribution >= 4 is 27.8 Å². The van der Waals surface area contributed by atoms with Gasteiger partial charge in [0.05, 0.1) is 11.0 Å². The molecule has 9 rings (SSSR count). The van der Waals surface area contributed by atoms with Crippen LogP contribution in [0.2, 0.25) is 0 Å². The Hall–Kier alpha value is -6.38. The Morgan fingerprint density at radius 2 is 0.917 bits per heavy atom. The summed E-state index contributed by atoms with van der Waals surface area (Å²) in [7, 11) is 0. The summed E-state index contributed by atoms with van der Waals surface area (Å²) in [5.74, 6) is -0.278. The second-order valence-corrected chi connectivity index (χ2v) is 11.5. The summed E-state index contributed by atoms with van der Waals surface area (Å²) < 4.78 is 80.6. The summed E-state index contributed by atoms with van der Waals surface area (Å²) in [5, 5.41) is 0.0462. The van der Waals surface area contributed by atoms with E-state index in [1.165, 1.54) is 0 Å². The Kier molecular flexibility index (Phi) is 5.07. The van der Waals surface area contributed by atoms with Gasteiger partial charge in [0.1, 0.15) is 11.5 Å². The fraction of sp³-hybridized carbons (Fsp3) is 0. The molecule has 1 aliphatic heterocycles. The van der Waals surface area contributed by atoms with Crippen molar-refractivity contribution in [1.29, 1.82) is 0 Å². The molecule has 0 saturated carbocycles. The van der Waals surface area contributed by atoms with Crippen molar-refractivity contribution in [2.45, 2.75) is 0 Å². The van der Waals surface area contributed by atoms with E-state index in [-0.39, 0.29) is 74.9 Å². The average Bonchev–Trinajstić information content (AvgIpc) is 3.24. The number of nitrogens with zero attached hydrogens (tertiary/aromatic N) is 1. The van der Waals surface area contributed by atoms with Crippen molar-refractivity contribution in [3.63, 3.8) is 0 Å². The van der Waals surface area contributed by atoms with E-state index in [4.69, 9.17) is 10.2 Å². The van der Waals surface area contributed by atoms with Crippen LogP contribution in [0.1, 0.15) is 11.0 Å². The molecule has 8 aromatic carbocycles. The molecule has 0 N–H and O–H groups in total. The maximum Gasteiger partial charge on any atom is 0.135 e. The van der Waals surface area contributed by atoms with E-state index in [9.17, 15) is 5.48 Å². The quantitative estimate of drug-likeness (QED) is 0.183. The molecule has 0 aromatic heterocycles. The van der Waals surface area contributed by atoms with Crippen LogP contribution in [0.15, 0.2) is 188 Å². The van der Waals surface area contributed by atoms with Crippen LogP contribution in [-0.4, -0.2) is 0 Å². The lowest BCUT2D eigenvalue weighted by Crippen LogP contribution is -2.10. The van der Waals surface area contributed by atoms with Crippen molar-refractivity contribution in [1.82, 2.24) is 0 Å². The Bertz CT molecular complexity index is 2750. The molecule has 0 unspecified atom stereocenters. The maximum absolute atomic E-state index is 9.97. The Morgan fingerprint density at radius 3 is 1.48 bits per heavy atom. The molecule has 1 heterocycles. The highest BCUT2D eigenvalue weighted by molar-refractivity contribution is 6.07. The van der Waals surface area contributed by atoms with Crippen molar-refractivity contribution in [3.8, 4) is 56.0 Å². The fourth-order valence-electron chi connectivity index (χ4n) is 6.19. The molecule has 0 bridgehead atoms. The van der Waals surface area contributed by atoms with Crippen LogP contribution >= 0.6 is 0 Å². The fourth-order valence-corrected chi connectivity index (χ4v) is 6.19. The third-order valence-corrected chi connectivity index (χ3v) is 8.56. The second-order valence-electron chi connectivity index (χ2n) is 11.5. The van der Waals surface area contributed by atoms with Gasteiger partial charge in [0, 0.05) is 28.0 Å². The molecule has 0 atom stereocenters. The molecule has 48 heavy (non-hydrogen) atoms. The van der Waals surface area contributed by atoms with E-state index in [1.807, 2.05) is 115 Å². The van der Waals surface area contributed by atoms with E-state index >= 15 is 0 Å². The van der Waals surface area contributed by atoms with E-state index < -0.39 is 18.1 Å². The van der Waals surface area contributed by atoms with Gasteiger partial charge in [-0.25, -0.2) is 0 Å². The van der Waals surface area contributed by atoms with Crippen LogP contribution in [-0.2, 0) is 0 Å². The van der Waals surface area contributed by atoms with E-state index in [0.29, 0.717) is 16.9 Å². The molecule has 0 amide bonds. The van der Waals surface area contributed by atoms with Gasteiger partial charge < -0.3 is 9.64 Å². The van der Waals surface area contributed by atoms with Gasteiger partial charge in [-0.15, -0.1) is 0 Å². The van der Waals surface area contributed by atoms with Gasteiger partial charge in [0.2, 0.25) is 0 Å². The summed E-state index contributed by atoms with van der Waals surface area (Å²) >= 11 is 0. The molecule has 0 spiro atoms. The Morgan fingerprint density at radius 1 is 0.396 bits per heavy atom. The number of rotatable bonds is 6. The topological polar surface area (TPSA) is 12.5 Å². The maximum atomic E-state index is 9.97. The molecule has 0 radical (unpaired) electrons. The molecule has 2 heteroatoms. The smallest absolute Gasteiger partial charge is 0.135 e. The molecule has 8 aromatic rings. The number of fused-ring (bicyclic) bond motifs is 2. The summed E-state index contributed by atoms with van der Waals surface area (Å²) in [6.45, 7) is 0. The lowest BCUT2D eigenvalue weighted by molar-refractivity contribution is 0.487. The predicted molar refractivity (Wildman–Crippen MR) is 200 cm³/mol. The summed E-state index contributed by atoms with van der Waals surface area (Å²) in [5.41, 5.74) is 6.01. The number of anilines is 3. The number of ether oxygens (including phenoxy) is 1. The van der Waals surface area contributed by atoms with Gasteiger partial charge in [-0.1, -0.05) is 133 Å². The zero-order valence-corrected chi connectivity index (χ0v) is 25.6. The highest BCUT2D eigenvalue weighted by Gasteiger charge is 2.24. The average molecular weight is 622 g/mol. The minimum atomic E-state index is -0.469. The molecule has 1 aliphatic rings. The van der Waals surface area contributed by atoms with Crippen LogP contribution in [0.4, 0.5) is 17.1 Å². The third-order valence-electron chi connectivity index (χ3n) is 8.56. The van der Waals surface area contributed by atoms with Gasteiger partial charge in [-0.3, -0.25) is 0 Å². The van der Waals surface area contributed by atoms with Gasteiger partial charge in [-0.2, -0.15) is 0 Å². The first kappa shape index (κ1) is 20.7. The highest BCUT2D eigenvalue weighted by atomic mass is 16.5. The SMILES string of the molecule is [2H]c1c([2H])c2c(c([2H])c1-c1ccccc1)Oc1c([2H])c([2H])c([2H])c3c([2H])c(N(c4ccc(-c5ccccc5)cc4)c4ccc(-c5ccccc5)cc4)c([2H])c-2c13. The number of hydrogen-bond donors (Lipinski definition) is 0. The first-order valence-electron chi connectivity index (χ1n) is 19.7. The third kappa shape index (κ3) is 5.01. The van der Waals surface area contributed by atoms with Gasteiger partial charge in [0.25, 0.3) is 0 Å². The lowest BCUT2D eigenvalue weighted by atomic mass is 9.92. The molecule has 0 aliphatic carbocycles. The minimum absolute atomic E-state index is 0.00115. The summed E-state index contributed by atoms with van der Waals surface area (Å²) in [6, 6.07) is 41.7. The zero-order chi connectivity index (χ0) is 38.8. The minimum Gasteiger partial charge on any atom is -0.456 e. The monoisotopic (exact) mass is 621 g/mol.